The normalized spacial score (nSPS) is 17.9. The smallest absolute Gasteiger partial charge is 0.321 e. The molecule has 0 aliphatic carbocycles. The van der Waals surface area contributed by atoms with Gasteiger partial charge in [0.05, 0.1) is 6.04 Å². The molecule has 1 amide bonds. The fourth-order valence-corrected chi connectivity index (χ4v) is 3.55. The van der Waals surface area contributed by atoms with E-state index >= 15 is 0 Å². The number of rotatable bonds is 1. The van der Waals surface area contributed by atoms with Crippen LogP contribution >= 0.6 is 0 Å². The third kappa shape index (κ3) is 2.32. The van der Waals surface area contributed by atoms with Crippen molar-refractivity contribution in [3.05, 3.63) is 35.7 Å². The van der Waals surface area contributed by atoms with Crippen LogP contribution in [0.15, 0.2) is 24.3 Å². The van der Waals surface area contributed by atoms with Crippen molar-refractivity contribution in [3.8, 4) is 0 Å². The van der Waals surface area contributed by atoms with Gasteiger partial charge in [-0.2, -0.15) is 5.10 Å². The Labute approximate surface area is 133 Å². The zero-order valence-corrected chi connectivity index (χ0v) is 16.0. The molecule has 0 saturated heterocycles. The highest BCUT2D eigenvalue weighted by Gasteiger charge is 2.30. The van der Waals surface area contributed by atoms with Gasteiger partial charge in [0.1, 0.15) is 0 Å². The van der Waals surface area contributed by atoms with Gasteiger partial charge in [-0.3, -0.25) is 4.79 Å². The van der Waals surface area contributed by atoms with Gasteiger partial charge in [0.25, 0.3) is 22.2 Å². The first-order chi connectivity index (χ1) is 9.58. The van der Waals surface area contributed by atoms with Crippen molar-refractivity contribution in [2.45, 2.75) is 19.5 Å². The van der Waals surface area contributed by atoms with Crippen molar-refractivity contribution in [2.24, 2.45) is 0 Å². The van der Waals surface area contributed by atoms with Crippen molar-refractivity contribution in [3.63, 3.8) is 0 Å². The molecule has 1 aromatic heterocycles. The van der Waals surface area contributed by atoms with Crippen molar-refractivity contribution in [1.29, 1.82) is 0 Å². The number of nitrogens with zero attached hydrogens (tertiary/aromatic N) is 4. The van der Waals surface area contributed by atoms with Crippen molar-refractivity contribution < 1.29 is 4.79 Å². The Morgan fingerprint density at radius 2 is 1.90 bits per heavy atom. The van der Waals surface area contributed by atoms with E-state index in [-0.39, 0.29) is 11.9 Å². The number of amides is 1. The molecule has 3 rings (SSSR count). The topological polar surface area (TPSA) is 51.0 Å². The largest absolute Gasteiger partial charge is 0.328 e. The van der Waals surface area contributed by atoms with Crippen molar-refractivity contribution in [1.82, 2.24) is 19.7 Å². The van der Waals surface area contributed by atoms with Crippen LogP contribution in [-0.2, 0) is 6.54 Å². The molecular formula is C13H16Al2N4O. The number of carbonyl (C=O) groups is 1. The van der Waals surface area contributed by atoms with Crippen LogP contribution in [0.1, 0.15) is 29.1 Å². The highest BCUT2D eigenvalue weighted by molar-refractivity contribution is 6.32. The van der Waals surface area contributed by atoms with Crippen LogP contribution in [0.5, 0.6) is 0 Å². The monoisotopic (exact) mass is 298 g/mol. The molecule has 1 atom stereocenters. The molecule has 7 heteroatoms. The Morgan fingerprint density at radius 3 is 2.60 bits per heavy atom. The molecule has 1 aromatic carbocycles. The number of hydrogen-bond donors (Lipinski definition) is 0. The van der Waals surface area contributed by atoms with Crippen LogP contribution < -0.4 is 9.11 Å². The molecule has 0 saturated carbocycles. The second-order valence-electron chi connectivity index (χ2n) is 5.30. The molecule has 2 heterocycles. The van der Waals surface area contributed by atoms with E-state index in [1.807, 2.05) is 36.1 Å². The van der Waals surface area contributed by atoms with Crippen LogP contribution in [0.3, 0.4) is 0 Å². The average Bonchev–Trinajstić information content (AvgIpc) is 2.82. The number of carbonyl (C=O) groups excluding carboxylic acids is 1. The molecule has 0 spiro atoms. The van der Waals surface area contributed by atoms with Crippen LogP contribution in [0.25, 0.3) is 0 Å². The Bertz CT molecular complexity index is 653. The van der Waals surface area contributed by atoms with Crippen LogP contribution in [-0.4, -0.2) is 64.7 Å². The zero-order valence-electron chi connectivity index (χ0n) is 12.0. The van der Waals surface area contributed by atoms with Crippen LogP contribution in [0.4, 0.5) is 0 Å². The summed E-state index contributed by atoms with van der Waals surface area (Å²) in [5.41, 5.74) is 0.760. The van der Waals surface area contributed by atoms with E-state index in [2.05, 4.69) is 14.8 Å². The predicted molar refractivity (Wildman–Crippen MR) is 82.3 cm³/mol. The Balaban J connectivity index is 1.88. The molecule has 1 aliphatic rings. The fourth-order valence-electron chi connectivity index (χ4n) is 2.66. The van der Waals surface area contributed by atoms with Gasteiger partial charge >= 0.3 is 16.3 Å². The van der Waals surface area contributed by atoms with Gasteiger partial charge in [-0.15, -0.1) is 9.52 Å². The Hall–Kier alpha value is -1.11. The molecule has 0 fully saturated rings. The second-order valence-corrected chi connectivity index (χ2v) is 7.35. The molecule has 1 aliphatic heterocycles. The maximum atomic E-state index is 12.6. The van der Waals surface area contributed by atoms with Gasteiger partial charge in [0.15, 0.2) is 5.82 Å². The molecular weight excluding hydrogens is 282 g/mol. The summed E-state index contributed by atoms with van der Waals surface area (Å²) in [5, 5.41) is 8.41. The minimum absolute atomic E-state index is 0.0119. The highest BCUT2D eigenvalue weighted by Crippen LogP contribution is 2.23. The lowest BCUT2D eigenvalue weighted by molar-refractivity contribution is 0.0639. The number of benzene rings is 1. The summed E-state index contributed by atoms with van der Waals surface area (Å²) in [6.45, 7) is 3.55. The first-order valence-corrected chi connectivity index (χ1v) is 8.85. The maximum absolute atomic E-state index is 12.6. The third-order valence-electron chi connectivity index (χ3n) is 3.93. The first-order valence-electron chi connectivity index (χ1n) is 6.85. The lowest BCUT2D eigenvalue weighted by Gasteiger charge is -2.34. The Kier molecular flexibility index (Phi) is 3.71. The average molecular weight is 298 g/mol. The van der Waals surface area contributed by atoms with E-state index in [9.17, 15) is 4.79 Å². The van der Waals surface area contributed by atoms with Crippen LogP contribution in [0.2, 0.25) is 0 Å². The van der Waals surface area contributed by atoms with E-state index in [0.29, 0.717) is 0 Å². The molecule has 0 radical (unpaired) electrons. The summed E-state index contributed by atoms with van der Waals surface area (Å²) in [5.74, 6) is 0.998. The lowest BCUT2D eigenvalue weighted by atomic mass is 10.1. The minimum atomic E-state index is -0.0119. The summed E-state index contributed by atoms with van der Waals surface area (Å²) in [7, 11) is 0. The Morgan fingerprint density at radius 1 is 1.20 bits per heavy atom. The summed E-state index contributed by atoms with van der Waals surface area (Å²) in [4.78, 5) is 14.5. The molecule has 2 aromatic rings. The summed E-state index contributed by atoms with van der Waals surface area (Å²) < 4.78 is 4.51. The van der Waals surface area contributed by atoms with Gasteiger partial charge < -0.3 is 9.47 Å². The SMILES string of the molecule is CC1c2nn[c]([AlH2])n2CCN1C(=O)c1cc[c]([AlH2])cc1. The predicted octanol–water partition coefficient (Wildman–Crippen LogP) is -1.99. The second kappa shape index (κ2) is 5.35. The van der Waals surface area contributed by atoms with Crippen molar-refractivity contribution >= 4 is 47.6 Å². The molecule has 5 nitrogen and oxygen atoms in total. The summed E-state index contributed by atoms with van der Waals surface area (Å²) in [6, 6.07) is 7.91. The van der Waals surface area contributed by atoms with Gasteiger partial charge in [0.2, 0.25) is 0 Å². The molecule has 0 N–H and O–H groups in total. The van der Waals surface area contributed by atoms with E-state index in [4.69, 9.17) is 0 Å². The summed E-state index contributed by atoms with van der Waals surface area (Å²) in [6.07, 6.45) is 0. The maximum Gasteiger partial charge on any atom is 0.321 e. The third-order valence-corrected chi connectivity index (χ3v) is 5.34. The van der Waals surface area contributed by atoms with Crippen LogP contribution in [0, 0.1) is 0 Å². The molecule has 100 valence electrons. The van der Waals surface area contributed by atoms with E-state index < -0.39 is 0 Å². The van der Waals surface area contributed by atoms with E-state index in [1.54, 1.807) is 0 Å². The van der Waals surface area contributed by atoms with Crippen molar-refractivity contribution in [2.75, 3.05) is 6.54 Å². The summed E-state index contributed by atoms with van der Waals surface area (Å²) >= 11 is 1.90. The van der Waals surface area contributed by atoms with Gasteiger partial charge in [0, 0.05) is 23.3 Å². The number of hydrogen-bond acceptors (Lipinski definition) is 3. The molecule has 20 heavy (non-hydrogen) atoms. The van der Waals surface area contributed by atoms with E-state index in [0.717, 1.165) is 61.7 Å². The molecule has 0 bridgehead atoms. The zero-order chi connectivity index (χ0) is 14.3. The minimum Gasteiger partial charge on any atom is -0.328 e. The van der Waals surface area contributed by atoms with Gasteiger partial charge in [-0.25, -0.2) is 0 Å². The first kappa shape index (κ1) is 13.9. The van der Waals surface area contributed by atoms with Gasteiger partial charge in [-0.1, -0.05) is 24.3 Å². The highest BCUT2D eigenvalue weighted by atomic mass is 27.1. The number of fused-ring (bicyclic) bond motifs is 1. The fraction of sp³-hybridized carbons (Fsp3) is 0.308. The van der Waals surface area contributed by atoms with E-state index in [1.165, 1.54) is 4.43 Å². The molecule has 1 unspecified atom stereocenters. The standard InChI is InChI=1S/C13H12N4O.2Al.4H/c1-10-12-15-14-9-16(12)7-8-17(10)13(18)11-5-3-2-4-6-11;;;;;;/h3-6,10H,7-8H2,1H3;;;;;;. The quantitative estimate of drug-likeness (QED) is 0.573. The lowest BCUT2D eigenvalue weighted by Crippen LogP contribution is -2.43. The van der Waals surface area contributed by atoms with Gasteiger partial charge in [-0.05, 0) is 6.92 Å². The number of aromatic nitrogens is 3.